The number of piperidine rings is 1. The van der Waals surface area contributed by atoms with Gasteiger partial charge in [0.05, 0.1) is 12.1 Å². The van der Waals surface area contributed by atoms with Gasteiger partial charge >= 0.3 is 0 Å². The number of rotatable bonds is 4. The molecule has 0 aromatic carbocycles. The van der Waals surface area contributed by atoms with E-state index in [4.69, 9.17) is 0 Å². The van der Waals surface area contributed by atoms with Crippen LogP contribution in [0.3, 0.4) is 0 Å². The molecule has 2 atom stereocenters. The summed E-state index contributed by atoms with van der Waals surface area (Å²) >= 11 is 1.57. The van der Waals surface area contributed by atoms with Crippen molar-refractivity contribution in [2.45, 2.75) is 31.8 Å². The summed E-state index contributed by atoms with van der Waals surface area (Å²) in [5, 5.41) is 1.99. The summed E-state index contributed by atoms with van der Waals surface area (Å²) < 4.78 is 3.93. The van der Waals surface area contributed by atoms with Gasteiger partial charge in [0.25, 0.3) is 5.56 Å². The van der Waals surface area contributed by atoms with Crippen LogP contribution in [0.2, 0.25) is 0 Å². The van der Waals surface area contributed by atoms with Crippen LogP contribution in [-0.2, 0) is 24.3 Å². The van der Waals surface area contributed by atoms with Gasteiger partial charge in [-0.05, 0) is 32.5 Å². The molecule has 0 aliphatic carbocycles. The SMILES string of the molecule is CN(C)Cc1ccc2n(c1=O)C[C@H]1C[C@@H]2CN(C(=O)Cc2cn3ccsc3n2)C1. The molecule has 2 bridgehead atoms. The first-order valence-corrected chi connectivity index (χ1v) is 10.9. The van der Waals surface area contributed by atoms with Crippen molar-refractivity contribution in [1.29, 1.82) is 0 Å². The quantitative estimate of drug-likeness (QED) is 0.657. The number of pyridine rings is 1. The molecule has 0 spiro atoms. The summed E-state index contributed by atoms with van der Waals surface area (Å²) in [4.78, 5) is 35.4. The first kappa shape index (κ1) is 18.6. The molecule has 2 aliphatic heterocycles. The highest BCUT2D eigenvalue weighted by Crippen LogP contribution is 2.35. The Kier molecular flexibility index (Phi) is 4.55. The van der Waals surface area contributed by atoms with Crippen molar-refractivity contribution in [3.63, 3.8) is 0 Å². The van der Waals surface area contributed by atoms with Gasteiger partial charge in [-0.2, -0.15) is 0 Å². The largest absolute Gasteiger partial charge is 0.341 e. The molecule has 7 nitrogen and oxygen atoms in total. The number of carbonyl (C=O) groups is 1. The Morgan fingerprint density at radius 1 is 1.28 bits per heavy atom. The Balaban J connectivity index is 1.35. The highest BCUT2D eigenvalue weighted by molar-refractivity contribution is 7.15. The van der Waals surface area contributed by atoms with Crippen molar-refractivity contribution in [2.24, 2.45) is 5.92 Å². The normalized spacial score (nSPS) is 21.0. The fraction of sp³-hybridized carbons (Fsp3) is 0.476. The lowest BCUT2D eigenvalue weighted by atomic mass is 9.82. The number of carbonyl (C=O) groups excluding carboxylic acids is 1. The van der Waals surface area contributed by atoms with Crippen molar-refractivity contribution in [1.82, 2.24) is 23.8 Å². The maximum Gasteiger partial charge on any atom is 0.255 e. The molecule has 152 valence electrons. The molecule has 29 heavy (non-hydrogen) atoms. The van der Waals surface area contributed by atoms with Crippen LogP contribution < -0.4 is 5.56 Å². The molecule has 3 aromatic heterocycles. The minimum absolute atomic E-state index is 0.128. The average molecular weight is 412 g/mol. The first-order valence-electron chi connectivity index (χ1n) is 10.0. The van der Waals surface area contributed by atoms with Crippen molar-refractivity contribution in [3.8, 4) is 0 Å². The molecule has 0 radical (unpaired) electrons. The van der Waals surface area contributed by atoms with Crippen LogP contribution in [0.25, 0.3) is 4.96 Å². The van der Waals surface area contributed by atoms with E-state index < -0.39 is 0 Å². The second-order valence-electron chi connectivity index (χ2n) is 8.54. The number of hydrogen-bond acceptors (Lipinski definition) is 5. The van der Waals surface area contributed by atoms with Gasteiger partial charge in [0.2, 0.25) is 5.91 Å². The number of imidazole rings is 1. The van der Waals surface area contributed by atoms with Gasteiger partial charge < -0.3 is 14.4 Å². The number of thiazole rings is 1. The van der Waals surface area contributed by atoms with Crippen LogP contribution in [0.4, 0.5) is 0 Å². The third-order valence-electron chi connectivity index (χ3n) is 6.00. The van der Waals surface area contributed by atoms with Crippen LogP contribution in [0.5, 0.6) is 0 Å². The minimum atomic E-state index is 0.128. The van der Waals surface area contributed by atoms with E-state index in [0.717, 1.165) is 34.9 Å². The molecule has 5 rings (SSSR count). The van der Waals surface area contributed by atoms with Gasteiger partial charge in [-0.25, -0.2) is 4.98 Å². The van der Waals surface area contributed by atoms with Crippen LogP contribution in [0.15, 0.2) is 34.7 Å². The maximum atomic E-state index is 13.0. The highest BCUT2D eigenvalue weighted by Gasteiger charge is 2.36. The number of likely N-dealkylation sites (tertiary alicyclic amines) is 1. The smallest absolute Gasteiger partial charge is 0.255 e. The van der Waals surface area contributed by atoms with Gasteiger partial charge in [0, 0.05) is 61.1 Å². The van der Waals surface area contributed by atoms with E-state index in [1.54, 1.807) is 11.3 Å². The second-order valence-corrected chi connectivity index (χ2v) is 9.41. The van der Waals surface area contributed by atoms with Crippen LogP contribution in [-0.4, -0.2) is 56.8 Å². The summed E-state index contributed by atoms with van der Waals surface area (Å²) in [7, 11) is 3.96. The molecule has 8 heteroatoms. The van der Waals surface area contributed by atoms with E-state index in [2.05, 4.69) is 11.1 Å². The zero-order valence-corrected chi connectivity index (χ0v) is 17.6. The minimum Gasteiger partial charge on any atom is -0.341 e. The van der Waals surface area contributed by atoms with E-state index in [1.165, 1.54) is 0 Å². The lowest BCUT2D eigenvalue weighted by molar-refractivity contribution is -0.133. The average Bonchev–Trinajstić information content (AvgIpc) is 3.25. The monoisotopic (exact) mass is 411 g/mol. The van der Waals surface area contributed by atoms with Crippen molar-refractivity contribution in [2.75, 3.05) is 27.2 Å². The van der Waals surface area contributed by atoms with Crippen molar-refractivity contribution in [3.05, 3.63) is 57.2 Å². The van der Waals surface area contributed by atoms with E-state index in [-0.39, 0.29) is 17.4 Å². The van der Waals surface area contributed by atoms with Gasteiger partial charge in [-0.15, -0.1) is 11.3 Å². The number of fused-ring (bicyclic) bond motifs is 5. The highest BCUT2D eigenvalue weighted by atomic mass is 32.1. The topological polar surface area (TPSA) is 62.9 Å². The molecule has 3 aromatic rings. The fourth-order valence-corrected chi connectivity index (χ4v) is 5.50. The van der Waals surface area contributed by atoms with Gasteiger partial charge in [-0.3, -0.25) is 14.0 Å². The van der Waals surface area contributed by atoms with E-state index >= 15 is 0 Å². The molecule has 0 saturated carbocycles. The molecule has 2 aliphatic rings. The Morgan fingerprint density at radius 2 is 2.14 bits per heavy atom. The molecule has 0 N–H and O–H groups in total. The van der Waals surface area contributed by atoms with Crippen LogP contribution in [0.1, 0.15) is 29.3 Å². The third-order valence-corrected chi connectivity index (χ3v) is 6.77. The summed E-state index contributed by atoms with van der Waals surface area (Å²) in [6, 6.07) is 4.06. The third kappa shape index (κ3) is 3.40. The Bertz CT molecular complexity index is 1100. The Morgan fingerprint density at radius 3 is 2.93 bits per heavy atom. The summed E-state index contributed by atoms with van der Waals surface area (Å²) in [6.07, 6.45) is 5.29. The number of aromatic nitrogens is 3. The first-order chi connectivity index (χ1) is 14.0. The fourth-order valence-electron chi connectivity index (χ4n) is 4.78. The number of amides is 1. The van der Waals surface area contributed by atoms with Crippen LogP contribution in [0, 0.1) is 5.92 Å². The van der Waals surface area contributed by atoms with Gasteiger partial charge in [0.1, 0.15) is 0 Å². The van der Waals surface area contributed by atoms with Crippen LogP contribution >= 0.6 is 11.3 Å². The summed E-state index contributed by atoms with van der Waals surface area (Å²) in [5.41, 5.74) is 2.87. The molecular weight excluding hydrogens is 386 g/mol. The predicted octanol–water partition coefficient (Wildman–Crippen LogP) is 1.81. The zero-order chi connectivity index (χ0) is 20.1. The van der Waals surface area contributed by atoms with Crippen molar-refractivity contribution >= 4 is 22.2 Å². The lowest BCUT2D eigenvalue weighted by Gasteiger charge is -2.43. The molecule has 1 saturated heterocycles. The van der Waals surface area contributed by atoms with E-state index in [1.807, 2.05) is 56.7 Å². The van der Waals surface area contributed by atoms with Gasteiger partial charge in [0.15, 0.2) is 4.96 Å². The second kappa shape index (κ2) is 7.11. The standard InChI is InChI=1S/C21H25N5O2S/c1-23(2)11-15-3-4-18-16-7-14(10-26(18)20(15)28)9-25(12-16)19(27)8-17-13-24-5-6-29-21(24)22-17/h3-6,13-14,16H,7-12H2,1-2H3/t14-,16+/m0/s1. The van der Waals surface area contributed by atoms with E-state index in [0.29, 0.717) is 32.0 Å². The summed E-state index contributed by atoms with van der Waals surface area (Å²) in [5.74, 6) is 0.700. The van der Waals surface area contributed by atoms with Crippen molar-refractivity contribution < 1.29 is 4.79 Å². The van der Waals surface area contributed by atoms with Gasteiger partial charge in [-0.1, -0.05) is 6.07 Å². The predicted molar refractivity (Wildman–Crippen MR) is 112 cm³/mol. The lowest BCUT2D eigenvalue weighted by Crippen LogP contribution is -2.50. The van der Waals surface area contributed by atoms with E-state index in [9.17, 15) is 9.59 Å². The Hall–Kier alpha value is -2.45. The maximum absolute atomic E-state index is 13.0. The molecule has 1 amide bonds. The Labute approximate surface area is 173 Å². The molecule has 1 fully saturated rings. The zero-order valence-electron chi connectivity index (χ0n) is 16.7. The number of nitrogens with zero attached hydrogens (tertiary/aromatic N) is 5. The molecule has 0 unspecified atom stereocenters. The number of hydrogen-bond donors (Lipinski definition) is 0. The molecule has 5 heterocycles. The summed E-state index contributed by atoms with van der Waals surface area (Å²) in [6.45, 7) is 2.77. The molecular formula is C21H25N5O2S.